The standard InChI is InChI=1S/C15H17NO3/c17-14-11(7-13-9-18-13)6-12-8-19-15(16(12)14)10-4-2-1-3-5-10/h1-5,11-13,15H,6-9H2/t11-,12-,13?,15?/m0/s1. The maximum atomic E-state index is 12.5. The first-order valence-corrected chi connectivity index (χ1v) is 6.93. The Kier molecular flexibility index (Phi) is 2.60. The maximum Gasteiger partial charge on any atom is 0.228 e. The molecule has 0 radical (unpaired) electrons. The molecule has 19 heavy (non-hydrogen) atoms. The molecule has 100 valence electrons. The number of rotatable bonds is 3. The van der Waals surface area contributed by atoms with Crippen molar-refractivity contribution in [3.05, 3.63) is 35.9 Å². The molecule has 0 bridgehead atoms. The van der Waals surface area contributed by atoms with Crippen LogP contribution < -0.4 is 0 Å². The highest BCUT2D eigenvalue weighted by atomic mass is 16.6. The number of amides is 1. The van der Waals surface area contributed by atoms with Crippen LogP contribution in [0.2, 0.25) is 0 Å². The van der Waals surface area contributed by atoms with Gasteiger partial charge in [0.25, 0.3) is 0 Å². The molecule has 0 N–H and O–H groups in total. The number of carbonyl (C=O) groups is 1. The molecule has 0 aliphatic carbocycles. The fourth-order valence-corrected chi connectivity index (χ4v) is 3.26. The summed E-state index contributed by atoms with van der Waals surface area (Å²) >= 11 is 0. The molecular formula is C15H17NO3. The summed E-state index contributed by atoms with van der Waals surface area (Å²) in [5, 5.41) is 0. The van der Waals surface area contributed by atoms with Gasteiger partial charge in [-0.05, 0) is 12.8 Å². The van der Waals surface area contributed by atoms with Crippen molar-refractivity contribution in [2.75, 3.05) is 13.2 Å². The Hall–Kier alpha value is -1.39. The third-order valence-corrected chi connectivity index (χ3v) is 4.29. The number of ether oxygens (including phenoxy) is 2. The van der Waals surface area contributed by atoms with Gasteiger partial charge in [-0.3, -0.25) is 4.79 Å². The molecule has 4 nitrogen and oxygen atoms in total. The highest BCUT2D eigenvalue weighted by Gasteiger charge is 2.49. The zero-order chi connectivity index (χ0) is 12.8. The van der Waals surface area contributed by atoms with Gasteiger partial charge in [-0.15, -0.1) is 0 Å². The summed E-state index contributed by atoms with van der Waals surface area (Å²) in [5.41, 5.74) is 1.07. The van der Waals surface area contributed by atoms with Crippen LogP contribution in [0.15, 0.2) is 30.3 Å². The Bertz CT molecular complexity index is 485. The molecule has 2 unspecified atom stereocenters. The average Bonchev–Trinajstić information content (AvgIpc) is 3.07. The van der Waals surface area contributed by atoms with E-state index >= 15 is 0 Å². The summed E-state index contributed by atoms with van der Waals surface area (Å²) in [6.07, 6.45) is 1.93. The summed E-state index contributed by atoms with van der Waals surface area (Å²) in [4.78, 5) is 14.5. The molecule has 4 rings (SSSR count). The van der Waals surface area contributed by atoms with Crippen LogP contribution in [-0.4, -0.2) is 36.2 Å². The van der Waals surface area contributed by atoms with Gasteiger partial charge in [0.2, 0.25) is 5.91 Å². The molecule has 4 heteroatoms. The minimum Gasteiger partial charge on any atom is -0.373 e. The first-order valence-electron chi connectivity index (χ1n) is 6.93. The van der Waals surface area contributed by atoms with Gasteiger partial charge >= 0.3 is 0 Å². The van der Waals surface area contributed by atoms with E-state index in [2.05, 4.69) is 0 Å². The highest BCUT2D eigenvalue weighted by molar-refractivity contribution is 5.82. The summed E-state index contributed by atoms with van der Waals surface area (Å²) in [6.45, 7) is 1.49. The van der Waals surface area contributed by atoms with Gasteiger partial charge in [-0.1, -0.05) is 30.3 Å². The molecule has 3 aliphatic rings. The van der Waals surface area contributed by atoms with Crippen LogP contribution in [-0.2, 0) is 14.3 Å². The van der Waals surface area contributed by atoms with Gasteiger partial charge in [0.15, 0.2) is 6.23 Å². The Morgan fingerprint density at radius 3 is 2.68 bits per heavy atom. The monoisotopic (exact) mass is 259 g/mol. The molecule has 3 heterocycles. The molecule has 1 aromatic rings. The third kappa shape index (κ3) is 1.95. The summed E-state index contributed by atoms with van der Waals surface area (Å²) in [5.74, 6) is 0.375. The lowest BCUT2D eigenvalue weighted by Crippen LogP contribution is -2.32. The van der Waals surface area contributed by atoms with Crippen LogP contribution >= 0.6 is 0 Å². The lowest BCUT2D eigenvalue weighted by Gasteiger charge is -2.23. The van der Waals surface area contributed by atoms with Crippen molar-refractivity contribution in [2.45, 2.75) is 31.2 Å². The average molecular weight is 259 g/mol. The van der Waals surface area contributed by atoms with Crippen molar-refractivity contribution in [3.63, 3.8) is 0 Å². The Balaban J connectivity index is 1.55. The van der Waals surface area contributed by atoms with E-state index in [0.717, 1.165) is 25.0 Å². The second-order valence-corrected chi connectivity index (χ2v) is 5.62. The molecule has 0 spiro atoms. The molecule has 0 saturated carbocycles. The predicted molar refractivity (Wildman–Crippen MR) is 68.2 cm³/mol. The minimum absolute atomic E-state index is 0.132. The second kappa shape index (κ2) is 4.32. The Labute approximate surface area is 112 Å². The SMILES string of the molecule is O=C1[C@H](CC2CO2)C[C@H]2COC(c3ccccc3)N12. The van der Waals surface area contributed by atoms with Crippen molar-refractivity contribution in [3.8, 4) is 0 Å². The van der Waals surface area contributed by atoms with E-state index in [1.165, 1.54) is 0 Å². The van der Waals surface area contributed by atoms with Crippen molar-refractivity contribution in [1.82, 2.24) is 4.90 Å². The largest absolute Gasteiger partial charge is 0.373 e. The first-order chi connectivity index (χ1) is 9.33. The summed E-state index contributed by atoms with van der Waals surface area (Å²) in [7, 11) is 0. The van der Waals surface area contributed by atoms with Crippen molar-refractivity contribution < 1.29 is 14.3 Å². The predicted octanol–water partition coefficient (Wildman–Crippen LogP) is 1.72. The van der Waals surface area contributed by atoms with Gasteiger partial charge in [0, 0.05) is 11.5 Å². The molecule has 3 fully saturated rings. The van der Waals surface area contributed by atoms with E-state index in [9.17, 15) is 4.79 Å². The van der Waals surface area contributed by atoms with Gasteiger partial charge in [0.05, 0.1) is 25.4 Å². The minimum atomic E-state index is -0.191. The van der Waals surface area contributed by atoms with Gasteiger partial charge in [0.1, 0.15) is 0 Å². The lowest BCUT2D eigenvalue weighted by atomic mass is 10.00. The number of nitrogens with zero attached hydrogens (tertiary/aromatic N) is 1. The number of hydrogen-bond donors (Lipinski definition) is 0. The van der Waals surface area contributed by atoms with Gasteiger partial charge in [-0.2, -0.15) is 0 Å². The van der Waals surface area contributed by atoms with Crippen LogP contribution in [0.1, 0.15) is 24.6 Å². The fraction of sp³-hybridized carbons (Fsp3) is 0.533. The third-order valence-electron chi connectivity index (χ3n) is 4.29. The number of fused-ring (bicyclic) bond motifs is 1. The summed E-state index contributed by atoms with van der Waals surface area (Å²) < 4.78 is 11.1. The van der Waals surface area contributed by atoms with Gasteiger partial charge in [-0.25, -0.2) is 0 Å². The van der Waals surface area contributed by atoms with Crippen LogP contribution in [0.3, 0.4) is 0 Å². The van der Waals surface area contributed by atoms with Crippen LogP contribution in [0, 0.1) is 5.92 Å². The first kappa shape index (κ1) is 11.4. The van der Waals surface area contributed by atoms with Crippen LogP contribution in [0.5, 0.6) is 0 Å². The molecule has 1 aromatic carbocycles. The molecule has 3 aliphatic heterocycles. The zero-order valence-corrected chi connectivity index (χ0v) is 10.7. The molecular weight excluding hydrogens is 242 g/mol. The number of epoxide rings is 1. The molecule has 3 saturated heterocycles. The topological polar surface area (TPSA) is 42.1 Å². The van der Waals surface area contributed by atoms with E-state index in [1.807, 2.05) is 35.2 Å². The van der Waals surface area contributed by atoms with E-state index in [4.69, 9.17) is 9.47 Å². The van der Waals surface area contributed by atoms with E-state index < -0.39 is 0 Å². The highest BCUT2D eigenvalue weighted by Crippen LogP contribution is 2.41. The maximum absolute atomic E-state index is 12.5. The molecule has 1 amide bonds. The Morgan fingerprint density at radius 2 is 1.95 bits per heavy atom. The van der Waals surface area contributed by atoms with Gasteiger partial charge < -0.3 is 14.4 Å². The fourth-order valence-electron chi connectivity index (χ4n) is 3.26. The number of hydrogen-bond acceptors (Lipinski definition) is 3. The van der Waals surface area contributed by atoms with E-state index in [-0.39, 0.29) is 24.1 Å². The molecule has 0 aromatic heterocycles. The van der Waals surface area contributed by atoms with Crippen LogP contribution in [0.25, 0.3) is 0 Å². The van der Waals surface area contributed by atoms with E-state index in [0.29, 0.717) is 12.7 Å². The van der Waals surface area contributed by atoms with Crippen molar-refractivity contribution in [1.29, 1.82) is 0 Å². The molecule has 4 atom stereocenters. The van der Waals surface area contributed by atoms with Crippen molar-refractivity contribution in [2.24, 2.45) is 5.92 Å². The summed E-state index contributed by atoms with van der Waals surface area (Å²) in [6, 6.07) is 10.3. The van der Waals surface area contributed by atoms with Crippen LogP contribution in [0.4, 0.5) is 0 Å². The quantitative estimate of drug-likeness (QED) is 0.776. The zero-order valence-electron chi connectivity index (χ0n) is 10.7. The van der Waals surface area contributed by atoms with E-state index in [1.54, 1.807) is 0 Å². The normalized spacial score (nSPS) is 36.6. The lowest BCUT2D eigenvalue weighted by molar-refractivity contribution is -0.137. The number of benzene rings is 1. The van der Waals surface area contributed by atoms with Crippen molar-refractivity contribution >= 4 is 5.91 Å². The second-order valence-electron chi connectivity index (χ2n) is 5.62. The smallest absolute Gasteiger partial charge is 0.228 e. The Morgan fingerprint density at radius 1 is 1.16 bits per heavy atom. The number of carbonyl (C=O) groups excluding carboxylic acids is 1.